The van der Waals surface area contributed by atoms with E-state index in [1.807, 2.05) is 0 Å². The zero-order valence-electron chi connectivity index (χ0n) is 7.71. The summed E-state index contributed by atoms with van der Waals surface area (Å²) in [4.78, 5) is 11.2. The first kappa shape index (κ1) is 9.74. The van der Waals surface area contributed by atoms with Gasteiger partial charge in [0.05, 0.1) is 5.92 Å². The first-order valence-corrected chi connectivity index (χ1v) is 4.66. The highest BCUT2D eigenvalue weighted by molar-refractivity contribution is 5.80. The van der Waals surface area contributed by atoms with Gasteiger partial charge in [-0.2, -0.15) is 13.2 Å². The van der Waals surface area contributed by atoms with E-state index in [0.29, 0.717) is 6.42 Å². The number of halogens is 3. The second-order valence-corrected chi connectivity index (χ2v) is 4.15. The number of rotatable bonds is 1. The van der Waals surface area contributed by atoms with Crippen LogP contribution in [0.5, 0.6) is 0 Å². The standard InChI is InChI=1S/C10H11F3O/c1-5(14)8-6-2-3-7(4-6)9(8)10(11,12)13/h2-3,6-9H,4H2,1H3/t6-,7-,8-,9+/m0/s1. The number of carbonyl (C=O) groups is 1. The van der Waals surface area contributed by atoms with Gasteiger partial charge in [-0.05, 0) is 25.2 Å². The van der Waals surface area contributed by atoms with E-state index in [9.17, 15) is 18.0 Å². The van der Waals surface area contributed by atoms with Gasteiger partial charge < -0.3 is 0 Å². The van der Waals surface area contributed by atoms with Gasteiger partial charge in [0.1, 0.15) is 5.78 Å². The Balaban J connectivity index is 2.31. The van der Waals surface area contributed by atoms with E-state index in [-0.39, 0.29) is 11.7 Å². The predicted octanol–water partition coefficient (Wildman–Crippen LogP) is 2.58. The van der Waals surface area contributed by atoms with Crippen molar-refractivity contribution in [2.45, 2.75) is 19.5 Å². The highest BCUT2D eigenvalue weighted by atomic mass is 19.4. The average molecular weight is 204 g/mol. The Labute approximate surface area is 80.0 Å². The second-order valence-electron chi connectivity index (χ2n) is 4.15. The molecule has 0 saturated heterocycles. The van der Waals surface area contributed by atoms with Crippen LogP contribution in [0.2, 0.25) is 0 Å². The van der Waals surface area contributed by atoms with Gasteiger partial charge in [0.25, 0.3) is 0 Å². The first-order chi connectivity index (χ1) is 6.41. The topological polar surface area (TPSA) is 17.1 Å². The molecule has 0 N–H and O–H groups in total. The van der Waals surface area contributed by atoms with Crippen molar-refractivity contribution < 1.29 is 18.0 Å². The van der Waals surface area contributed by atoms with Crippen LogP contribution in [0.3, 0.4) is 0 Å². The summed E-state index contributed by atoms with van der Waals surface area (Å²) in [5.41, 5.74) is 0. The van der Waals surface area contributed by atoms with E-state index in [2.05, 4.69) is 0 Å². The minimum Gasteiger partial charge on any atom is -0.300 e. The molecule has 0 aromatic carbocycles. The van der Waals surface area contributed by atoms with Crippen molar-refractivity contribution in [1.29, 1.82) is 0 Å². The summed E-state index contributed by atoms with van der Waals surface area (Å²) in [7, 11) is 0. The fourth-order valence-electron chi connectivity index (χ4n) is 2.82. The molecule has 14 heavy (non-hydrogen) atoms. The zero-order chi connectivity index (χ0) is 10.5. The van der Waals surface area contributed by atoms with Crippen molar-refractivity contribution in [3.63, 3.8) is 0 Å². The minimum atomic E-state index is -4.24. The fraction of sp³-hybridized carbons (Fsp3) is 0.700. The van der Waals surface area contributed by atoms with Gasteiger partial charge in [-0.1, -0.05) is 12.2 Å². The van der Waals surface area contributed by atoms with Gasteiger partial charge in [0.15, 0.2) is 0 Å². The largest absolute Gasteiger partial charge is 0.393 e. The number of carbonyl (C=O) groups excluding carboxylic acids is 1. The second kappa shape index (κ2) is 2.84. The Kier molecular flexibility index (Phi) is 1.98. The number of allylic oxidation sites excluding steroid dienone is 2. The van der Waals surface area contributed by atoms with E-state index >= 15 is 0 Å². The number of Topliss-reactive ketones (excluding diaryl/α,β-unsaturated/α-hetero) is 1. The van der Waals surface area contributed by atoms with Gasteiger partial charge in [-0.3, -0.25) is 4.79 Å². The highest BCUT2D eigenvalue weighted by Gasteiger charge is 2.58. The molecule has 1 nitrogen and oxygen atoms in total. The Morgan fingerprint density at radius 2 is 1.86 bits per heavy atom. The van der Waals surface area contributed by atoms with Crippen LogP contribution in [0, 0.1) is 23.7 Å². The molecule has 0 amide bonds. The molecule has 1 saturated carbocycles. The number of fused-ring (bicyclic) bond motifs is 2. The predicted molar refractivity (Wildman–Crippen MR) is 44.5 cm³/mol. The third-order valence-corrected chi connectivity index (χ3v) is 3.31. The molecule has 0 unspecified atom stereocenters. The van der Waals surface area contributed by atoms with Gasteiger partial charge in [-0.25, -0.2) is 0 Å². The maximum atomic E-state index is 12.6. The third-order valence-electron chi connectivity index (χ3n) is 3.31. The molecule has 2 rings (SSSR count). The van der Waals surface area contributed by atoms with Crippen molar-refractivity contribution in [3.05, 3.63) is 12.2 Å². The normalized spacial score (nSPS) is 40.6. The summed E-state index contributed by atoms with van der Waals surface area (Å²) >= 11 is 0. The van der Waals surface area contributed by atoms with Gasteiger partial charge in [0, 0.05) is 5.92 Å². The lowest BCUT2D eigenvalue weighted by Crippen LogP contribution is -2.36. The summed E-state index contributed by atoms with van der Waals surface area (Å²) in [6.45, 7) is 1.26. The van der Waals surface area contributed by atoms with Crippen LogP contribution in [0.1, 0.15) is 13.3 Å². The van der Waals surface area contributed by atoms with Gasteiger partial charge in [0.2, 0.25) is 0 Å². The fourth-order valence-corrected chi connectivity index (χ4v) is 2.82. The number of hydrogen-bond acceptors (Lipinski definition) is 1. The van der Waals surface area contributed by atoms with E-state index in [0.717, 1.165) is 0 Å². The molecule has 0 aromatic heterocycles. The van der Waals surface area contributed by atoms with Crippen LogP contribution in [-0.4, -0.2) is 12.0 Å². The van der Waals surface area contributed by atoms with Gasteiger partial charge >= 0.3 is 6.18 Å². The molecule has 2 aliphatic rings. The molecule has 4 heteroatoms. The van der Waals surface area contributed by atoms with Crippen LogP contribution in [-0.2, 0) is 4.79 Å². The molecule has 0 heterocycles. The van der Waals surface area contributed by atoms with Crippen LogP contribution in [0.4, 0.5) is 13.2 Å². The van der Waals surface area contributed by atoms with Crippen LogP contribution < -0.4 is 0 Å². The maximum Gasteiger partial charge on any atom is 0.393 e. The lowest BCUT2D eigenvalue weighted by atomic mass is 9.80. The summed E-state index contributed by atoms with van der Waals surface area (Å²) in [5.74, 6) is -3.23. The third kappa shape index (κ3) is 1.28. The minimum absolute atomic E-state index is 0.177. The highest BCUT2D eigenvalue weighted by Crippen LogP contribution is 2.54. The molecule has 78 valence electrons. The Morgan fingerprint density at radius 1 is 1.29 bits per heavy atom. The van der Waals surface area contributed by atoms with Crippen LogP contribution >= 0.6 is 0 Å². The van der Waals surface area contributed by atoms with E-state index in [4.69, 9.17) is 0 Å². The van der Waals surface area contributed by atoms with Gasteiger partial charge in [-0.15, -0.1) is 0 Å². The Bertz CT molecular complexity index is 292. The molecule has 4 atom stereocenters. The summed E-state index contributed by atoms with van der Waals surface area (Å²) in [5, 5.41) is 0. The molecule has 1 fully saturated rings. The molecule has 0 radical (unpaired) electrons. The lowest BCUT2D eigenvalue weighted by molar-refractivity contribution is -0.194. The first-order valence-electron chi connectivity index (χ1n) is 4.66. The van der Waals surface area contributed by atoms with Crippen molar-refractivity contribution in [1.82, 2.24) is 0 Å². The smallest absolute Gasteiger partial charge is 0.300 e. The van der Waals surface area contributed by atoms with Crippen molar-refractivity contribution >= 4 is 5.78 Å². The quantitative estimate of drug-likeness (QED) is 0.600. The molecular weight excluding hydrogens is 193 g/mol. The van der Waals surface area contributed by atoms with E-state index in [1.54, 1.807) is 12.2 Å². The SMILES string of the molecule is CC(=O)[C@@H]1[C@H](C(F)(F)F)[C@H]2C=C[C@H]1C2. The molecule has 0 spiro atoms. The average Bonchev–Trinajstić information content (AvgIpc) is 2.58. The number of ketones is 1. The van der Waals surface area contributed by atoms with E-state index < -0.39 is 23.9 Å². The van der Waals surface area contributed by atoms with E-state index in [1.165, 1.54) is 6.92 Å². The summed E-state index contributed by atoms with van der Waals surface area (Å²) < 4.78 is 37.9. The monoisotopic (exact) mass is 204 g/mol. The van der Waals surface area contributed by atoms with Crippen LogP contribution in [0.15, 0.2) is 12.2 Å². The Hall–Kier alpha value is -0.800. The number of alkyl halides is 3. The van der Waals surface area contributed by atoms with Crippen molar-refractivity contribution in [3.8, 4) is 0 Å². The van der Waals surface area contributed by atoms with Crippen LogP contribution in [0.25, 0.3) is 0 Å². The molecular formula is C10H11F3O. The molecule has 2 bridgehead atoms. The lowest BCUT2D eigenvalue weighted by Gasteiger charge is -2.27. The summed E-state index contributed by atoms with van der Waals surface area (Å²) in [6, 6.07) is 0. The molecule has 2 aliphatic carbocycles. The zero-order valence-corrected chi connectivity index (χ0v) is 7.71. The summed E-state index contributed by atoms with van der Waals surface area (Å²) in [6.07, 6.45) is -0.365. The molecule has 0 aliphatic heterocycles. The molecule has 0 aromatic rings. The van der Waals surface area contributed by atoms with Crippen molar-refractivity contribution in [2.75, 3.05) is 0 Å². The number of hydrogen-bond donors (Lipinski definition) is 0. The van der Waals surface area contributed by atoms with Crippen molar-refractivity contribution in [2.24, 2.45) is 23.7 Å². The maximum absolute atomic E-state index is 12.6. The Morgan fingerprint density at radius 3 is 2.29 bits per heavy atom.